The van der Waals surface area contributed by atoms with Gasteiger partial charge in [0.1, 0.15) is 0 Å². The molecule has 0 amide bonds. The summed E-state index contributed by atoms with van der Waals surface area (Å²) >= 11 is 12.2. The number of rotatable bonds is 9. The predicted octanol–water partition coefficient (Wildman–Crippen LogP) is 5.20. The largest absolute Gasteiger partial charge is 0.385 e. The first-order valence-corrected chi connectivity index (χ1v) is 12.4. The van der Waals surface area contributed by atoms with E-state index in [1.807, 2.05) is 30.3 Å². The predicted molar refractivity (Wildman–Crippen MR) is 137 cm³/mol. The molecule has 33 heavy (non-hydrogen) atoms. The summed E-state index contributed by atoms with van der Waals surface area (Å²) in [7, 11) is 0. The van der Waals surface area contributed by atoms with Gasteiger partial charge in [0.2, 0.25) is 0 Å². The minimum absolute atomic E-state index is 0.596. The lowest BCUT2D eigenvalue weighted by Crippen LogP contribution is -2.45. The van der Waals surface area contributed by atoms with E-state index < -0.39 is 0 Å². The zero-order chi connectivity index (χ0) is 23.0. The van der Waals surface area contributed by atoms with E-state index in [0.29, 0.717) is 10.0 Å². The Balaban J connectivity index is 1.26. The molecule has 0 aromatic heterocycles. The highest BCUT2D eigenvalue weighted by Crippen LogP contribution is 2.24. The molecule has 7 heteroatoms. The van der Waals surface area contributed by atoms with Gasteiger partial charge in [-0.05, 0) is 60.5 Å². The van der Waals surface area contributed by atoms with Gasteiger partial charge in [0.25, 0.3) is 0 Å². The first kappa shape index (κ1) is 23.9. The van der Waals surface area contributed by atoms with Gasteiger partial charge in [-0.15, -0.1) is 0 Å². The van der Waals surface area contributed by atoms with Crippen molar-refractivity contribution in [3.8, 4) is 6.07 Å². The average molecular weight is 484 g/mol. The molecule has 1 saturated heterocycles. The van der Waals surface area contributed by atoms with Crippen molar-refractivity contribution < 1.29 is 0 Å². The van der Waals surface area contributed by atoms with Crippen LogP contribution in [-0.2, 0) is 13.1 Å². The standard InChI is InChI=1S/C26H31Cl2N5/c27-25-7-4-21(16-26(25)28)19-32-12-14-33(15-13-32)20-23-17-24(6-5-22(23)18-29)30-8-3-11-31-9-1-2-10-31/h1,4-7,9,16-17,30H,2-3,8,10-15,19-20H2. The molecule has 174 valence electrons. The number of hydrogen-bond donors (Lipinski definition) is 1. The van der Waals surface area contributed by atoms with E-state index in [1.165, 1.54) is 5.56 Å². The van der Waals surface area contributed by atoms with Crippen molar-refractivity contribution >= 4 is 28.9 Å². The topological polar surface area (TPSA) is 45.5 Å². The second kappa shape index (κ2) is 11.8. The molecule has 5 nitrogen and oxygen atoms in total. The van der Waals surface area contributed by atoms with Crippen molar-refractivity contribution in [2.45, 2.75) is 25.9 Å². The smallest absolute Gasteiger partial charge is 0.0995 e. The molecule has 2 aromatic carbocycles. The molecule has 0 unspecified atom stereocenters. The van der Waals surface area contributed by atoms with Crippen molar-refractivity contribution in [2.24, 2.45) is 0 Å². The van der Waals surface area contributed by atoms with E-state index in [1.54, 1.807) is 0 Å². The van der Waals surface area contributed by atoms with Gasteiger partial charge in [-0.25, -0.2) is 0 Å². The first-order chi connectivity index (χ1) is 16.1. The van der Waals surface area contributed by atoms with E-state index in [0.717, 1.165) is 88.6 Å². The van der Waals surface area contributed by atoms with E-state index in [9.17, 15) is 5.26 Å². The van der Waals surface area contributed by atoms with Crippen LogP contribution >= 0.6 is 23.2 Å². The number of benzene rings is 2. The Hall–Kier alpha value is -2.23. The summed E-state index contributed by atoms with van der Waals surface area (Å²) in [5, 5.41) is 14.3. The summed E-state index contributed by atoms with van der Waals surface area (Å²) in [4.78, 5) is 7.24. The fraction of sp³-hybridized carbons (Fsp3) is 0.423. The summed E-state index contributed by atoms with van der Waals surface area (Å²) in [5.41, 5.74) is 4.15. The van der Waals surface area contributed by atoms with Crippen molar-refractivity contribution in [3.05, 3.63) is 75.4 Å². The van der Waals surface area contributed by atoms with Gasteiger partial charge in [0.05, 0.1) is 21.7 Å². The van der Waals surface area contributed by atoms with Gasteiger partial charge < -0.3 is 10.2 Å². The average Bonchev–Trinajstić information content (AvgIpc) is 3.34. The molecule has 2 aromatic rings. The Morgan fingerprint density at radius 3 is 2.39 bits per heavy atom. The summed E-state index contributed by atoms with van der Waals surface area (Å²) in [6, 6.07) is 14.3. The molecule has 0 saturated carbocycles. The van der Waals surface area contributed by atoms with E-state index in [4.69, 9.17) is 23.2 Å². The fourth-order valence-corrected chi connectivity index (χ4v) is 4.75. The Morgan fingerprint density at radius 1 is 0.909 bits per heavy atom. The third-order valence-electron chi connectivity index (χ3n) is 6.33. The molecule has 0 bridgehead atoms. The second-order valence-corrected chi connectivity index (χ2v) is 9.59. The van der Waals surface area contributed by atoms with Gasteiger partial charge in [0, 0.05) is 64.6 Å². The molecule has 0 spiro atoms. The Bertz CT molecular complexity index is 1010. The Morgan fingerprint density at radius 2 is 1.70 bits per heavy atom. The molecule has 2 heterocycles. The van der Waals surface area contributed by atoms with Crippen LogP contribution in [0.25, 0.3) is 0 Å². The van der Waals surface area contributed by atoms with E-state index in [-0.39, 0.29) is 0 Å². The first-order valence-electron chi connectivity index (χ1n) is 11.7. The molecule has 0 radical (unpaired) electrons. The summed E-state index contributed by atoms with van der Waals surface area (Å²) in [6.07, 6.45) is 6.69. The number of nitriles is 1. The summed E-state index contributed by atoms with van der Waals surface area (Å²) < 4.78 is 0. The maximum absolute atomic E-state index is 9.59. The molecule has 2 aliphatic heterocycles. The molecular weight excluding hydrogens is 453 g/mol. The zero-order valence-electron chi connectivity index (χ0n) is 18.9. The minimum atomic E-state index is 0.596. The summed E-state index contributed by atoms with van der Waals surface area (Å²) in [6.45, 7) is 8.78. The van der Waals surface area contributed by atoms with Gasteiger partial charge in [0.15, 0.2) is 0 Å². The number of piperazine rings is 1. The van der Waals surface area contributed by atoms with Crippen molar-refractivity contribution in [2.75, 3.05) is 51.1 Å². The highest BCUT2D eigenvalue weighted by Gasteiger charge is 2.19. The number of nitrogens with zero attached hydrogens (tertiary/aromatic N) is 4. The third-order valence-corrected chi connectivity index (χ3v) is 7.06. The number of anilines is 1. The number of halogens is 2. The number of nitrogens with one attached hydrogen (secondary N) is 1. The van der Waals surface area contributed by atoms with Crippen LogP contribution in [0.5, 0.6) is 0 Å². The minimum Gasteiger partial charge on any atom is -0.385 e. The monoisotopic (exact) mass is 483 g/mol. The maximum Gasteiger partial charge on any atom is 0.0995 e. The van der Waals surface area contributed by atoms with Gasteiger partial charge in [-0.1, -0.05) is 35.3 Å². The quantitative estimate of drug-likeness (QED) is 0.496. The SMILES string of the molecule is N#Cc1ccc(NCCCN2C=CCC2)cc1CN1CCN(Cc2ccc(Cl)c(Cl)c2)CC1. The molecule has 2 aliphatic rings. The van der Waals surface area contributed by atoms with Crippen LogP contribution < -0.4 is 5.32 Å². The van der Waals surface area contributed by atoms with E-state index in [2.05, 4.69) is 44.4 Å². The highest BCUT2D eigenvalue weighted by molar-refractivity contribution is 6.42. The summed E-state index contributed by atoms with van der Waals surface area (Å²) in [5.74, 6) is 0. The van der Waals surface area contributed by atoms with Crippen LogP contribution in [0.4, 0.5) is 5.69 Å². The Kier molecular flexibility index (Phi) is 8.52. The lowest BCUT2D eigenvalue weighted by Gasteiger charge is -2.35. The highest BCUT2D eigenvalue weighted by atomic mass is 35.5. The Labute approximate surface area is 207 Å². The number of hydrogen-bond acceptors (Lipinski definition) is 5. The van der Waals surface area contributed by atoms with E-state index >= 15 is 0 Å². The van der Waals surface area contributed by atoms with Gasteiger partial charge in [-0.2, -0.15) is 5.26 Å². The molecule has 0 atom stereocenters. The lowest BCUT2D eigenvalue weighted by atomic mass is 10.1. The van der Waals surface area contributed by atoms with Crippen LogP contribution in [0, 0.1) is 11.3 Å². The van der Waals surface area contributed by atoms with Crippen LogP contribution in [0.3, 0.4) is 0 Å². The third kappa shape index (κ3) is 6.88. The zero-order valence-corrected chi connectivity index (χ0v) is 20.5. The molecular formula is C26H31Cl2N5. The normalized spacial score (nSPS) is 16.8. The molecule has 4 rings (SSSR count). The van der Waals surface area contributed by atoms with Crippen molar-refractivity contribution in [1.29, 1.82) is 5.26 Å². The van der Waals surface area contributed by atoms with Gasteiger partial charge >= 0.3 is 0 Å². The second-order valence-electron chi connectivity index (χ2n) is 8.77. The molecule has 1 fully saturated rings. The van der Waals surface area contributed by atoms with Crippen molar-refractivity contribution in [1.82, 2.24) is 14.7 Å². The fourth-order valence-electron chi connectivity index (χ4n) is 4.43. The maximum atomic E-state index is 9.59. The van der Waals surface area contributed by atoms with Gasteiger partial charge in [-0.3, -0.25) is 9.80 Å². The van der Waals surface area contributed by atoms with Crippen molar-refractivity contribution in [3.63, 3.8) is 0 Å². The van der Waals surface area contributed by atoms with Crippen LogP contribution in [0.1, 0.15) is 29.5 Å². The molecule has 1 N–H and O–H groups in total. The van der Waals surface area contributed by atoms with Crippen LogP contribution in [-0.4, -0.2) is 60.5 Å². The van der Waals surface area contributed by atoms with Crippen LogP contribution in [0.2, 0.25) is 10.0 Å². The molecule has 0 aliphatic carbocycles. The lowest BCUT2D eigenvalue weighted by molar-refractivity contribution is 0.122. The van der Waals surface area contributed by atoms with Crippen LogP contribution in [0.15, 0.2) is 48.7 Å².